The van der Waals surface area contributed by atoms with Crippen LogP contribution in [0.2, 0.25) is 0 Å². The van der Waals surface area contributed by atoms with Crippen LogP contribution in [0.1, 0.15) is 19.3 Å². The van der Waals surface area contributed by atoms with Crippen molar-refractivity contribution in [1.29, 1.82) is 0 Å². The number of nitro groups is 1. The van der Waals surface area contributed by atoms with Gasteiger partial charge in [-0.2, -0.15) is 0 Å². The standard InChI is InChI=1S/C7H13NO3/c1-2-4-7(9)5-3-6-8(10)11/h2,7,9H,1,3-6H2. The molecule has 0 aromatic carbocycles. The third-order valence-electron chi connectivity index (χ3n) is 1.32. The molecule has 0 saturated carbocycles. The summed E-state index contributed by atoms with van der Waals surface area (Å²) in [6, 6.07) is 0. The smallest absolute Gasteiger partial charge is 0.204 e. The summed E-state index contributed by atoms with van der Waals surface area (Å²) < 4.78 is 0. The van der Waals surface area contributed by atoms with Gasteiger partial charge in [-0.05, 0) is 12.8 Å². The van der Waals surface area contributed by atoms with E-state index in [9.17, 15) is 10.1 Å². The lowest BCUT2D eigenvalue weighted by molar-refractivity contribution is -0.480. The van der Waals surface area contributed by atoms with Gasteiger partial charge < -0.3 is 5.11 Å². The van der Waals surface area contributed by atoms with E-state index in [1.54, 1.807) is 6.08 Å². The van der Waals surface area contributed by atoms with E-state index < -0.39 is 6.10 Å². The van der Waals surface area contributed by atoms with Gasteiger partial charge in [-0.1, -0.05) is 6.08 Å². The highest BCUT2D eigenvalue weighted by Gasteiger charge is 2.03. The SMILES string of the molecule is C=CCC(O)CCC[N+](=O)[O-]. The quantitative estimate of drug-likeness (QED) is 0.357. The Hall–Kier alpha value is -0.900. The molecule has 64 valence electrons. The first-order valence-electron chi connectivity index (χ1n) is 3.57. The maximum Gasteiger partial charge on any atom is 0.204 e. The van der Waals surface area contributed by atoms with Crippen LogP contribution in [0.15, 0.2) is 12.7 Å². The minimum Gasteiger partial charge on any atom is -0.393 e. The summed E-state index contributed by atoms with van der Waals surface area (Å²) in [6.45, 7) is 3.39. The first-order valence-corrected chi connectivity index (χ1v) is 3.57. The molecular weight excluding hydrogens is 146 g/mol. The molecule has 1 unspecified atom stereocenters. The molecule has 0 bridgehead atoms. The molecule has 0 aliphatic rings. The monoisotopic (exact) mass is 159 g/mol. The molecule has 0 fully saturated rings. The average molecular weight is 159 g/mol. The Labute approximate surface area is 65.7 Å². The molecule has 1 atom stereocenters. The van der Waals surface area contributed by atoms with E-state index in [4.69, 9.17) is 5.11 Å². The first kappa shape index (κ1) is 10.1. The van der Waals surface area contributed by atoms with Crippen LogP contribution in [0.3, 0.4) is 0 Å². The molecule has 0 aromatic rings. The molecule has 0 saturated heterocycles. The number of rotatable bonds is 6. The van der Waals surface area contributed by atoms with Gasteiger partial charge in [0.2, 0.25) is 6.54 Å². The normalized spacial score (nSPS) is 12.5. The highest BCUT2D eigenvalue weighted by molar-refractivity contribution is 4.71. The highest BCUT2D eigenvalue weighted by atomic mass is 16.6. The summed E-state index contributed by atoms with van der Waals surface area (Å²) in [5.41, 5.74) is 0. The zero-order valence-corrected chi connectivity index (χ0v) is 6.40. The van der Waals surface area contributed by atoms with Gasteiger partial charge in [0.05, 0.1) is 6.10 Å². The fourth-order valence-electron chi connectivity index (χ4n) is 0.766. The van der Waals surface area contributed by atoms with E-state index in [0.717, 1.165) is 0 Å². The molecule has 0 amide bonds. The van der Waals surface area contributed by atoms with Crippen molar-refractivity contribution in [3.8, 4) is 0 Å². The van der Waals surface area contributed by atoms with Crippen molar-refractivity contribution in [3.63, 3.8) is 0 Å². The van der Waals surface area contributed by atoms with Gasteiger partial charge in [-0.25, -0.2) is 0 Å². The lowest BCUT2D eigenvalue weighted by Gasteiger charge is -2.03. The van der Waals surface area contributed by atoms with Crippen LogP contribution in [0.4, 0.5) is 0 Å². The minimum absolute atomic E-state index is 0.0613. The number of hydrogen-bond acceptors (Lipinski definition) is 3. The predicted molar refractivity (Wildman–Crippen MR) is 41.9 cm³/mol. The molecule has 0 aliphatic carbocycles. The Kier molecular flexibility index (Phi) is 5.37. The maximum atomic E-state index is 9.84. The zero-order chi connectivity index (χ0) is 8.69. The third-order valence-corrected chi connectivity index (χ3v) is 1.32. The molecule has 4 nitrogen and oxygen atoms in total. The third kappa shape index (κ3) is 6.99. The van der Waals surface area contributed by atoms with Gasteiger partial charge in [0.25, 0.3) is 0 Å². The van der Waals surface area contributed by atoms with Gasteiger partial charge in [-0.3, -0.25) is 10.1 Å². The van der Waals surface area contributed by atoms with E-state index in [1.165, 1.54) is 0 Å². The van der Waals surface area contributed by atoms with E-state index in [0.29, 0.717) is 19.3 Å². The van der Waals surface area contributed by atoms with Crippen molar-refractivity contribution < 1.29 is 10.0 Å². The second kappa shape index (κ2) is 5.85. The zero-order valence-electron chi connectivity index (χ0n) is 6.40. The van der Waals surface area contributed by atoms with Crippen LogP contribution < -0.4 is 0 Å². The Morgan fingerprint density at radius 1 is 1.73 bits per heavy atom. The average Bonchev–Trinajstić information content (AvgIpc) is 1.87. The van der Waals surface area contributed by atoms with Crippen LogP contribution in [0.25, 0.3) is 0 Å². The first-order chi connectivity index (χ1) is 5.16. The summed E-state index contributed by atoms with van der Waals surface area (Å²) in [5.74, 6) is 0. The maximum absolute atomic E-state index is 9.84. The number of aliphatic hydroxyl groups is 1. The Morgan fingerprint density at radius 2 is 2.36 bits per heavy atom. The van der Waals surface area contributed by atoms with Gasteiger partial charge >= 0.3 is 0 Å². The Bertz CT molecular complexity index is 136. The Balaban J connectivity index is 3.23. The predicted octanol–water partition coefficient (Wildman–Crippen LogP) is 0.980. The molecule has 0 aromatic heterocycles. The molecule has 0 aliphatic heterocycles. The summed E-state index contributed by atoms with van der Waals surface area (Å²) in [6.07, 6.45) is 2.57. The van der Waals surface area contributed by atoms with Crippen molar-refractivity contribution in [2.24, 2.45) is 0 Å². The van der Waals surface area contributed by atoms with E-state index in [-0.39, 0.29) is 11.5 Å². The van der Waals surface area contributed by atoms with Crippen LogP contribution in [-0.2, 0) is 0 Å². The van der Waals surface area contributed by atoms with Crippen LogP contribution in [-0.4, -0.2) is 22.7 Å². The lowest BCUT2D eigenvalue weighted by atomic mass is 10.1. The summed E-state index contributed by atoms with van der Waals surface area (Å²) in [4.78, 5) is 9.47. The number of aliphatic hydroxyl groups excluding tert-OH is 1. The van der Waals surface area contributed by atoms with Crippen molar-refractivity contribution in [2.75, 3.05) is 6.54 Å². The molecular formula is C7H13NO3. The van der Waals surface area contributed by atoms with Crippen LogP contribution in [0.5, 0.6) is 0 Å². The lowest BCUT2D eigenvalue weighted by Crippen LogP contribution is -2.08. The largest absolute Gasteiger partial charge is 0.393 e. The van der Waals surface area contributed by atoms with Crippen LogP contribution in [0, 0.1) is 10.1 Å². The van der Waals surface area contributed by atoms with Gasteiger partial charge in [0.1, 0.15) is 0 Å². The fraction of sp³-hybridized carbons (Fsp3) is 0.714. The highest BCUT2D eigenvalue weighted by Crippen LogP contribution is 2.01. The number of hydrogen-bond donors (Lipinski definition) is 1. The van der Waals surface area contributed by atoms with Gasteiger partial charge in [0, 0.05) is 11.3 Å². The molecule has 0 spiro atoms. The van der Waals surface area contributed by atoms with Crippen LogP contribution >= 0.6 is 0 Å². The van der Waals surface area contributed by atoms with Gasteiger partial charge in [-0.15, -0.1) is 6.58 Å². The van der Waals surface area contributed by atoms with E-state index >= 15 is 0 Å². The summed E-state index contributed by atoms with van der Waals surface area (Å²) in [5, 5.41) is 18.9. The fourth-order valence-corrected chi connectivity index (χ4v) is 0.766. The van der Waals surface area contributed by atoms with Crippen molar-refractivity contribution in [2.45, 2.75) is 25.4 Å². The van der Waals surface area contributed by atoms with Crippen molar-refractivity contribution in [3.05, 3.63) is 22.8 Å². The second-order valence-corrected chi connectivity index (χ2v) is 2.38. The summed E-state index contributed by atoms with van der Waals surface area (Å²) in [7, 11) is 0. The molecule has 4 heteroatoms. The molecule has 11 heavy (non-hydrogen) atoms. The molecule has 0 rings (SSSR count). The topological polar surface area (TPSA) is 63.4 Å². The van der Waals surface area contributed by atoms with Crippen molar-refractivity contribution >= 4 is 0 Å². The summed E-state index contributed by atoms with van der Waals surface area (Å²) >= 11 is 0. The van der Waals surface area contributed by atoms with Gasteiger partial charge in [0.15, 0.2) is 0 Å². The molecule has 0 heterocycles. The van der Waals surface area contributed by atoms with E-state index in [2.05, 4.69) is 6.58 Å². The Morgan fingerprint density at radius 3 is 2.82 bits per heavy atom. The minimum atomic E-state index is -0.465. The van der Waals surface area contributed by atoms with E-state index in [1.807, 2.05) is 0 Å². The second-order valence-electron chi connectivity index (χ2n) is 2.38. The molecule has 0 radical (unpaired) electrons. The number of nitrogens with zero attached hydrogens (tertiary/aromatic N) is 1. The van der Waals surface area contributed by atoms with Crippen molar-refractivity contribution in [1.82, 2.24) is 0 Å². The molecule has 1 N–H and O–H groups in total.